The molecule has 1 N–H and O–H groups in total. The molecule has 25 heavy (non-hydrogen) atoms. The molecule has 128 valence electrons. The van der Waals surface area contributed by atoms with E-state index in [1.165, 1.54) is 22.5 Å². The molecule has 5 heteroatoms. The third-order valence-corrected chi connectivity index (χ3v) is 4.54. The molecule has 0 atom stereocenters. The maximum absolute atomic E-state index is 12.1. The second-order valence-electron chi connectivity index (χ2n) is 6.01. The van der Waals surface area contributed by atoms with Crippen LogP contribution in [0.3, 0.4) is 0 Å². The number of ether oxygens (including phenoxy) is 1. The molecule has 0 aliphatic carbocycles. The maximum Gasteiger partial charge on any atom is 0.264 e. The SMILES string of the molecule is Cc1ccc(-c2csc(NC(=O)COc3ccc(C)cc3C)n2)cc1. The molecule has 2 aromatic carbocycles. The van der Waals surface area contributed by atoms with Gasteiger partial charge in [0.05, 0.1) is 5.69 Å². The fourth-order valence-electron chi connectivity index (χ4n) is 2.45. The number of carbonyl (C=O) groups excluding carboxylic acids is 1. The van der Waals surface area contributed by atoms with E-state index in [-0.39, 0.29) is 12.5 Å². The summed E-state index contributed by atoms with van der Waals surface area (Å²) in [5, 5.41) is 5.30. The second kappa shape index (κ2) is 7.49. The number of nitrogens with zero attached hydrogens (tertiary/aromatic N) is 1. The van der Waals surface area contributed by atoms with Gasteiger partial charge in [-0.15, -0.1) is 11.3 Å². The number of benzene rings is 2. The van der Waals surface area contributed by atoms with Crippen LogP contribution < -0.4 is 10.1 Å². The van der Waals surface area contributed by atoms with Crippen LogP contribution in [0.15, 0.2) is 47.8 Å². The van der Waals surface area contributed by atoms with E-state index in [0.29, 0.717) is 5.13 Å². The number of amides is 1. The molecule has 0 bridgehead atoms. The van der Waals surface area contributed by atoms with E-state index in [1.54, 1.807) is 0 Å². The maximum atomic E-state index is 12.1. The van der Waals surface area contributed by atoms with Gasteiger partial charge in [-0.25, -0.2) is 4.98 Å². The van der Waals surface area contributed by atoms with E-state index < -0.39 is 0 Å². The molecule has 0 fully saturated rings. The third-order valence-electron chi connectivity index (χ3n) is 3.79. The molecule has 3 rings (SSSR count). The van der Waals surface area contributed by atoms with Gasteiger partial charge in [-0.05, 0) is 32.4 Å². The molecule has 1 heterocycles. The number of carbonyl (C=O) groups is 1. The highest BCUT2D eigenvalue weighted by Gasteiger charge is 2.09. The predicted octanol–water partition coefficient (Wildman–Crippen LogP) is 4.75. The van der Waals surface area contributed by atoms with Crippen LogP contribution >= 0.6 is 11.3 Å². The molecule has 4 nitrogen and oxygen atoms in total. The van der Waals surface area contributed by atoms with E-state index in [2.05, 4.69) is 10.3 Å². The average Bonchev–Trinajstić information content (AvgIpc) is 3.03. The first-order chi connectivity index (χ1) is 12.0. The Morgan fingerprint density at radius 1 is 1.08 bits per heavy atom. The van der Waals surface area contributed by atoms with E-state index >= 15 is 0 Å². The fraction of sp³-hybridized carbons (Fsp3) is 0.200. The normalized spacial score (nSPS) is 10.5. The molecule has 0 aliphatic heterocycles. The molecule has 3 aromatic rings. The summed E-state index contributed by atoms with van der Waals surface area (Å²) in [5.41, 5.74) is 5.28. The first-order valence-electron chi connectivity index (χ1n) is 8.04. The van der Waals surface area contributed by atoms with Gasteiger partial charge in [-0.3, -0.25) is 10.1 Å². The Morgan fingerprint density at radius 2 is 1.80 bits per heavy atom. The smallest absolute Gasteiger partial charge is 0.264 e. The summed E-state index contributed by atoms with van der Waals surface area (Å²) in [5.74, 6) is 0.505. The molecule has 0 saturated carbocycles. The van der Waals surface area contributed by atoms with Crippen LogP contribution in [-0.2, 0) is 4.79 Å². The number of anilines is 1. The van der Waals surface area contributed by atoms with Gasteiger partial charge in [0, 0.05) is 10.9 Å². The second-order valence-corrected chi connectivity index (χ2v) is 6.87. The van der Waals surface area contributed by atoms with Crippen molar-refractivity contribution in [3.63, 3.8) is 0 Å². The zero-order valence-electron chi connectivity index (χ0n) is 14.5. The van der Waals surface area contributed by atoms with Gasteiger partial charge in [0.25, 0.3) is 5.91 Å². The lowest BCUT2D eigenvalue weighted by molar-refractivity contribution is -0.118. The summed E-state index contributed by atoms with van der Waals surface area (Å²) < 4.78 is 5.60. The van der Waals surface area contributed by atoms with Gasteiger partial charge in [0.2, 0.25) is 0 Å². The Kier molecular flexibility index (Phi) is 5.14. The Bertz CT molecular complexity index is 885. The van der Waals surface area contributed by atoms with E-state index in [4.69, 9.17) is 4.74 Å². The van der Waals surface area contributed by atoms with Gasteiger partial charge in [0.15, 0.2) is 11.7 Å². The summed E-state index contributed by atoms with van der Waals surface area (Å²) in [6.45, 7) is 6.00. The van der Waals surface area contributed by atoms with Crippen molar-refractivity contribution in [2.45, 2.75) is 20.8 Å². The van der Waals surface area contributed by atoms with Crippen molar-refractivity contribution in [3.05, 3.63) is 64.5 Å². The van der Waals surface area contributed by atoms with Crippen LogP contribution in [-0.4, -0.2) is 17.5 Å². The number of thiazole rings is 1. The van der Waals surface area contributed by atoms with Crippen molar-refractivity contribution in [1.29, 1.82) is 0 Å². The standard InChI is InChI=1S/C20H20N2O2S/c1-13-4-7-16(8-5-13)17-12-25-20(21-17)22-19(23)11-24-18-9-6-14(2)10-15(18)3/h4-10,12H,11H2,1-3H3,(H,21,22,23). The van der Waals surface area contributed by atoms with Crippen LogP contribution in [0.25, 0.3) is 11.3 Å². The summed E-state index contributed by atoms with van der Waals surface area (Å²) in [6.07, 6.45) is 0. The lowest BCUT2D eigenvalue weighted by Gasteiger charge is -2.09. The van der Waals surface area contributed by atoms with Gasteiger partial charge in [-0.1, -0.05) is 47.5 Å². The van der Waals surface area contributed by atoms with Crippen LogP contribution in [0, 0.1) is 20.8 Å². The van der Waals surface area contributed by atoms with E-state index in [9.17, 15) is 4.79 Å². The summed E-state index contributed by atoms with van der Waals surface area (Å²) in [7, 11) is 0. The Hall–Kier alpha value is -2.66. The summed E-state index contributed by atoms with van der Waals surface area (Å²) >= 11 is 1.41. The Balaban J connectivity index is 1.59. The zero-order valence-corrected chi connectivity index (χ0v) is 15.3. The van der Waals surface area contributed by atoms with Crippen molar-refractivity contribution < 1.29 is 9.53 Å². The van der Waals surface area contributed by atoms with Crippen molar-refractivity contribution in [2.24, 2.45) is 0 Å². The summed E-state index contributed by atoms with van der Waals surface area (Å²) in [6, 6.07) is 14.0. The highest BCUT2D eigenvalue weighted by molar-refractivity contribution is 7.14. The highest BCUT2D eigenvalue weighted by Crippen LogP contribution is 2.25. The average molecular weight is 352 g/mol. The number of hydrogen-bond donors (Lipinski definition) is 1. The largest absolute Gasteiger partial charge is 0.483 e. The quantitative estimate of drug-likeness (QED) is 0.721. The Labute approximate surface area is 151 Å². The molecular formula is C20H20N2O2S. The number of rotatable bonds is 5. The number of nitrogens with one attached hydrogen (secondary N) is 1. The number of hydrogen-bond acceptors (Lipinski definition) is 4. The lowest BCUT2D eigenvalue weighted by Crippen LogP contribution is -2.20. The molecule has 0 unspecified atom stereocenters. The first-order valence-corrected chi connectivity index (χ1v) is 8.92. The molecule has 0 aliphatic rings. The van der Waals surface area contributed by atoms with Crippen molar-refractivity contribution >= 4 is 22.4 Å². The summed E-state index contributed by atoms with van der Waals surface area (Å²) in [4.78, 5) is 16.6. The van der Waals surface area contributed by atoms with E-state index in [1.807, 2.05) is 68.6 Å². The molecule has 1 aromatic heterocycles. The van der Waals surface area contributed by atoms with Gasteiger partial charge < -0.3 is 4.74 Å². The molecule has 0 radical (unpaired) electrons. The molecule has 0 saturated heterocycles. The predicted molar refractivity (Wildman–Crippen MR) is 102 cm³/mol. The minimum absolute atomic E-state index is 0.0383. The van der Waals surface area contributed by atoms with Gasteiger partial charge in [0.1, 0.15) is 5.75 Å². The highest BCUT2D eigenvalue weighted by atomic mass is 32.1. The fourth-order valence-corrected chi connectivity index (χ4v) is 3.18. The van der Waals surface area contributed by atoms with Crippen molar-refractivity contribution in [3.8, 4) is 17.0 Å². The van der Waals surface area contributed by atoms with Crippen molar-refractivity contribution in [2.75, 3.05) is 11.9 Å². The van der Waals surface area contributed by atoms with Gasteiger partial charge >= 0.3 is 0 Å². The topological polar surface area (TPSA) is 51.2 Å². The zero-order chi connectivity index (χ0) is 17.8. The minimum atomic E-state index is -0.218. The molecule has 0 spiro atoms. The molecular weight excluding hydrogens is 332 g/mol. The minimum Gasteiger partial charge on any atom is -0.483 e. The monoisotopic (exact) mass is 352 g/mol. The van der Waals surface area contributed by atoms with E-state index in [0.717, 1.165) is 22.6 Å². The molecule has 1 amide bonds. The van der Waals surface area contributed by atoms with Crippen LogP contribution in [0.1, 0.15) is 16.7 Å². The van der Waals surface area contributed by atoms with Crippen molar-refractivity contribution in [1.82, 2.24) is 4.98 Å². The van der Waals surface area contributed by atoms with Crippen LogP contribution in [0.4, 0.5) is 5.13 Å². The lowest BCUT2D eigenvalue weighted by atomic mass is 10.1. The van der Waals surface area contributed by atoms with Crippen LogP contribution in [0.2, 0.25) is 0 Å². The Morgan fingerprint density at radius 3 is 2.52 bits per heavy atom. The number of aromatic nitrogens is 1. The van der Waals surface area contributed by atoms with Crippen LogP contribution in [0.5, 0.6) is 5.75 Å². The van der Waals surface area contributed by atoms with Gasteiger partial charge in [-0.2, -0.15) is 0 Å². The third kappa shape index (κ3) is 4.45. The first kappa shape index (κ1) is 17.2. The number of aryl methyl sites for hydroxylation is 3.